The van der Waals surface area contributed by atoms with Crippen molar-refractivity contribution in [3.8, 4) is 0 Å². The molecule has 2 aromatic rings. The Morgan fingerprint density at radius 3 is 3.00 bits per heavy atom. The average molecular weight is 358 g/mol. The van der Waals surface area contributed by atoms with E-state index < -0.39 is 0 Å². The van der Waals surface area contributed by atoms with Gasteiger partial charge in [-0.3, -0.25) is 0 Å². The first-order valence-corrected chi connectivity index (χ1v) is 9.46. The van der Waals surface area contributed by atoms with Crippen LogP contribution in [0, 0.1) is 6.92 Å². The molecule has 6 nitrogen and oxygen atoms in total. The first kappa shape index (κ1) is 17.5. The Balaban J connectivity index is 1.94. The number of aromatic nitrogens is 3. The molecular weight excluding hydrogens is 336 g/mol. The molecule has 0 amide bonds. The number of esters is 1. The third-order valence-corrected chi connectivity index (χ3v) is 4.90. The average Bonchev–Trinajstić information content (AvgIpc) is 3.05. The first-order chi connectivity index (χ1) is 12.1. The second kappa shape index (κ2) is 7.74. The highest BCUT2D eigenvalue weighted by Gasteiger charge is 2.34. The quantitative estimate of drug-likeness (QED) is 0.632. The zero-order valence-corrected chi connectivity index (χ0v) is 15.5. The zero-order valence-electron chi connectivity index (χ0n) is 14.7. The number of hydrogen-bond acceptors (Lipinski definition) is 6. The summed E-state index contributed by atoms with van der Waals surface area (Å²) in [5, 5.41) is 7.47. The van der Waals surface area contributed by atoms with Crippen molar-refractivity contribution in [2.45, 2.75) is 26.8 Å². The molecular formula is C18H22N4O2S. The summed E-state index contributed by atoms with van der Waals surface area (Å²) in [6.07, 6.45) is 1.49. The van der Waals surface area contributed by atoms with E-state index in [1.807, 2.05) is 32.0 Å². The van der Waals surface area contributed by atoms with Crippen molar-refractivity contribution in [1.82, 2.24) is 14.8 Å². The number of fused-ring (bicyclic) bond motifs is 1. The maximum atomic E-state index is 12.8. The first-order valence-electron chi connectivity index (χ1n) is 8.30. The van der Waals surface area contributed by atoms with E-state index in [-0.39, 0.29) is 12.0 Å². The van der Waals surface area contributed by atoms with Crippen LogP contribution in [0.5, 0.6) is 0 Å². The number of carbonyl (C=O) groups is 1. The van der Waals surface area contributed by atoms with Gasteiger partial charge in [-0.05, 0) is 25.2 Å². The van der Waals surface area contributed by atoms with E-state index in [2.05, 4.69) is 28.4 Å². The molecule has 1 aliphatic heterocycles. The van der Waals surface area contributed by atoms with Crippen LogP contribution < -0.4 is 5.32 Å². The van der Waals surface area contributed by atoms with Gasteiger partial charge in [0.2, 0.25) is 5.95 Å². The molecule has 1 atom stereocenters. The summed E-state index contributed by atoms with van der Waals surface area (Å²) in [6.45, 7) is 6.39. The second-order valence-corrected chi connectivity index (χ2v) is 7.24. The molecule has 0 fully saturated rings. The van der Waals surface area contributed by atoms with Crippen molar-refractivity contribution in [2.24, 2.45) is 0 Å². The van der Waals surface area contributed by atoms with Gasteiger partial charge in [-0.2, -0.15) is 21.8 Å². The van der Waals surface area contributed by atoms with E-state index in [4.69, 9.17) is 4.74 Å². The fourth-order valence-electron chi connectivity index (χ4n) is 2.92. The molecule has 2 heterocycles. The van der Waals surface area contributed by atoms with Crippen molar-refractivity contribution in [1.29, 1.82) is 0 Å². The van der Waals surface area contributed by atoms with E-state index >= 15 is 0 Å². The molecule has 1 aromatic heterocycles. The molecule has 0 aliphatic carbocycles. The van der Waals surface area contributed by atoms with Crippen LogP contribution in [0.1, 0.15) is 31.0 Å². The maximum Gasteiger partial charge on any atom is 0.338 e. The van der Waals surface area contributed by atoms with Crippen LogP contribution in [-0.2, 0) is 9.53 Å². The van der Waals surface area contributed by atoms with E-state index in [0.717, 1.165) is 28.3 Å². The van der Waals surface area contributed by atoms with Gasteiger partial charge in [-0.25, -0.2) is 9.48 Å². The standard InChI is InChI=1S/C18H22N4O2S/c1-4-25-9-8-24-17(23)15-13(3)21-18-19-11-20-22(18)16(15)14-7-5-6-12(2)10-14/h5-7,10-11,16H,4,8-9H2,1-3H3,(H,19,20,21)/t16-/m1/s1. The fraction of sp³-hybridized carbons (Fsp3) is 0.389. The molecule has 0 saturated carbocycles. The summed E-state index contributed by atoms with van der Waals surface area (Å²) in [7, 11) is 0. The summed E-state index contributed by atoms with van der Waals surface area (Å²) in [5.74, 6) is 2.12. The minimum Gasteiger partial charge on any atom is -0.461 e. The summed E-state index contributed by atoms with van der Waals surface area (Å²) in [5.41, 5.74) is 3.44. The number of nitrogens with one attached hydrogen (secondary N) is 1. The molecule has 0 saturated heterocycles. The molecule has 1 N–H and O–H groups in total. The normalized spacial score (nSPS) is 16.4. The lowest BCUT2D eigenvalue weighted by molar-refractivity contribution is -0.138. The Hall–Kier alpha value is -2.28. The van der Waals surface area contributed by atoms with Gasteiger partial charge in [-0.15, -0.1) is 0 Å². The molecule has 1 aliphatic rings. The number of nitrogens with zero attached hydrogens (tertiary/aromatic N) is 3. The highest BCUT2D eigenvalue weighted by Crippen LogP contribution is 2.35. The summed E-state index contributed by atoms with van der Waals surface area (Å²) < 4.78 is 7.24. The number of aryl methyl sites for hydroxylation is 1. The molecule has 0 radical (unpaired) electrons. The van der Waals surface area contributed by atoms with Crippen LogP contribution in [0.3, 0.4) is 0 Å². The highest BCUT2D eigenvalue weighted by molar-refractivity contribution is 7.99. The highest BCUT2D eigenvalue weighted by atomic mass is 32.2. The van der Waals surface area contributed by atoms with Crippen LogP contribution in [0.4, 0.5) is 5.95 Å². The molecule has 132 valence electrons. The van der Waals surface area contributed by atoms with Crippen molar-refractivity contribution < 1.29 is 9.53 Å². The number of thioether (sulfide) groups is 1. The predicted octanol–water partition coefficient (Wildman–Crippen LogP) is 3.17. The number of ether oxygens (including phenoxy) is 1. The van der Waals surface area contributed by atoms with E-state index in [1.165, 1.54) is 6.33 Å². The third-order valence-electron chi connectivity index (χ3n) is 4.04. The van der Waals surface area contributed by atoms with Gasteiger partial charge >= 0.3 is 5.97 Å². The third kappa shape index (κ3) is 3.71. The Bertz CT molecular complexity index is 800. The molecule has 1 aromatic carbocycles. The minimum atomic E-state index is -0.343. The minimum absolute atomic E-state index is 0.311. The van der Waals surface area contributed by atoms with Gasteiger partial charge in [0.25, 0.3) is 0 Å². The number of benzene rings is 1. The summed E-state index contributed by atoms with van der Waals surface area (Å²) >= 11 is 1.75. The lowest BCUT2D eigenvalue weighted by atomic mass is 9.95. The van der Waals surface area contributed by atoms with E-state index in [0.29, 0.717) is 18.1 Å². The number of hydrogen-bond donors (Lipinski definition) is 1. The lowest BCUT2D eigenvalue weighted by Gasteiger charge is -2.28. The van der Waals surface area contributed by atoms with E-state index in [1.54, 1.807) is 16.4 Å². The van der Waals surface area contributed by atoms with Gasteiger partial charge in [0.05, 0.1) is 5.57 Å². The Kier molecular flexibility index (Phi) is 5.43. The van der Waals surface area contributed by atoms with Crippen LogP contribution in [0.2, 0.25) is 0 Å². The Morgan fingerprint density at radius 2 is 2.24 bits per heavy atom. The topological polar surface area (TPSA) is 69.0 Å². The van der Waals surface area contributed by atoms with Crippen molar-refractivity contribution in [3.63, 3.8) is 0 Å². The molecule has 7 heteroatoms. The number of allylic oxidation sites excluding steroid dienone is 1. The molecule has 0 spiro atoms. The van der Waals surface area contributed by atoms with Crippen molar-refractivity contribution in [2.75, 3.05) is 23.4 Å². The van der Waals surface area contributed by atoms with Crippen LogP contribution in [0.15, 0.2) is 41.9 Å². The SMILES string of the molecule is CCSCCOC(=O)C1=C(C)Nc2ncnn2[C@@H]1c1cccc(C)c1. The largest absolute Gasteiger partial charge is 0.461 e. The van der Waals surface area contributed by atoms with Crippen LogP contribution in [0.25, 0.3) is 0 Å². The summed E-state index contributed by atoms with van der Waals surface area (Å²) in [6, 6.07) is 7.74. The van der Waals surface area contributed by atoms with Crippen molar-refractivity contribution in [3.05, 3.63) is 53.0 Å². The van der Waals surface area contributed by atoms with Crippen molar-refractivity contribution >= 4 is 23.7 Å². The Labute approximate surface area is 151 Å². The van der Waals surface area contributed by atoms with Gasteiger partial charge in [0.1, 0.15) is 19.0 Å². The number of carbonyl (C=O) groups excluding carboxylic acids is 1. The van der Waals surface area contributed by atoms with Crippen LogP contribution >= 0.6 is 11.8 Å². The molecule has 25 heavy (non-hydrogen) atoms. The maximum absolute atomic E-state index is 12.8. The van der Waals surface area contributed by atoms with Gasteiger partial charge in [0, 0.05) is 11.4 Å². The van der Waals surface area contributed by atoms with Gasteiger partial charge < -0.3 is 10.1 Å². The number of rotatable bonds is 6. The summed E-state index contributed by atoms with van der Waals surface area (Å²) in [4.78, 5) is 17.0. The smallest absolute Gasteiger partial charge is 0.338 e. The fourth-order valence-corrected chi connectivity index (χ4v) is 3.41. The van der Waals surface area contributed by atoms with Gasteiger partial charge in [0.15, 0.2) is 0 Å². The zero-order chi connectivity index (χ0) is 17.8. The van der Waals surface area contributed by atoms with Crippen LogP contribution in [-0.4, -0.2) is 38.8 Å². The Morgan fingerprint density at radius 1 is 1.40 bits per heavy atom. The van der Waals surface area contributed by atoms with E-state index in [9.17, 15) is 4.79 Å². The second-order valence-electron chi connectivity index (χ2n) is 5.84. The predicted molar refractivity (Wildman–Crippen MR) is 99.6 cm³/mol. The molecule has 0 unspecified atom stereocenters. The number of anilines is 1. The van der Waals surface area contributed by atoms with Gasteiger partial charge in [-0.1, -0.05) is 36.8 Å². The lowest BCUT2D eigenvalue weighted by Crippen LogP contribution is -2.30. The molecule has 0 bridgehead atoms. The molecule has 3 rings (SSSR count). The monoisotopic (exact) mass is 358 g/mol.